The van der Waals surface area contributed by atoms with Crippen LogP contribution in [0.2, 0.25) is 0 Å². The van der Waals surface area contributed by atoms with E-state index in [4.69, 9.17) is 4.74 Å². The molecule has 0 aromatic heterocycles. The number of benzene rings is 1. The lowest BCUT2D eigenvalue weighted by Crippen LogP contribution is -1.97. The Labute approximate surface area is 110 Å². The topological polar surface area (TPSA) is 26.3 Å². The molecule has 0 bridgehead atoms. The first-order chi connectivity index (χ1) is 8.86. The Morgan fingerprint density at radius 1 is 1.06 bits per heavy atom. The molecule has 0 saturated carbocycles. The molecule has 18 heavy (non-hydrogen) atoms. The number of rotatable bonds is 10. The fraction of sp³-hybridized carbons (Fsp3) is 0.562. The van der Waals surface area contributed by atoms with E-state index in [2.05, 4.69) is 6.92 Å². The second-order valence-electron chi connectivity index (χ2n) is 4.55. The standard InChI is InChI=1S/C16H23O2/c1-2-3-4-5-6-14-18-16-11-9-15(10-12-16)8-7-13-17/h9-12H,2-8,14H2,1H3. The van der Waals surface area contributed by atoms with Gasteiger partial charge in [-0.05, 0) is 30.5 Å². The molecule has 0 amide bonds. The molecular weight excluding hydrogens is 224 g/mol. The quantitative estimate of drug-likeness (QED) is 0.582. The maximum absolute atomic E-state index is 10.1. The van der Waals surface area contributed by atoms with Gasteiger partial charge in [0.15, 0.2) is 6.29 Å². The first kappa shape index (κ1) is 14.7. The van der Waals surface area contributed by atoms with Gasteiger partial charge in [-0.1, -0.05) is 44.7 Å². The number of unbranched alkanes of at least 4 members (excludes halogenated alkanes) is 4. The van der Waals surface area contributed by atoms with E-state index >= 15 is 0 Å². The lowest BCUT2D eigenvalue weighted by Gasteiger charge is -2.06. The zero-order valence-corrected chi connectivity index (χ0v) is 11.3. The summed E-state index contributed by atoms with van der Waals surface area (Å²) in [6.45, 7) is 3.02. The molecule has 1 radical (unpaired) electrons. The molecule has 1 aromatic rings. The maximum atomic E-state index is 10.1. The van der Waals surface area contributed by atoms with E-state index in [0.29, 0.717) is 6.42 Å². The van der Waals surface area contributed by atoms with Crippen molar-refractivity contribution in [2.24, 2.45) is 0 Å². The Kier molecular flexibility index (Phi) is 7.94. The van der Waals surface area contributed by atoms with Crippen LogP contribution in [-0.4, -0.2) is 12.9 Å². The van der Waals surface area contributed by atoms with Crippen LogP contribution in [0.5, 0.6) is 5.75 Å². The van der Waals surface area contributed by atoms with Crippen molar-refractivity contribution in [3.05, 3.63) is 29.8 Å². The van der Waals surface area contributed by atoms with E-state index in [1.54, 1.807) is 0 Å². The fourth-order valence-electron chi connectivity index (χ4n) is 1.84. The van der Waals surface area contributed by atoms with Crippen molar-refractivity contribution in [1.82, 2.24) is 0 Å². The Morgan fingerprint density at radius 2 is 1.78 bits per heavy atom. The van der Waals surface area contributed by atoms with Crippen molar-refractivity contribution < 1.29 is 9.53 Å². The summed E-state index contributed by atoms with van der Waals surface area (Å²) in [4.78, 5) is 10.1. The molecule has 0 aliphatic rings. The molecule has 1 aromatic carbocycles. The average molecular weight is 247 g/mol. The van der Waals surface area contributed by atoms with Gasteiger partial charge in [0.25, 0.3) is 0 Å². The van der Waals surface area contributed by atoms with E-state index in [0.717, 1.165) is 30.8 Å². The molecule has 0 aliphatic heterocycles. The summed E-state index contributed by atoms with van der Waals surface area (Å²) in [7, 11) is 0. The highest BCUT2D eigenvalue weighted by Gasteiger charge is 1.96. The molecule has 0 unspecified atom stereocenters. The summed E-state index contributed by atoms with van der Waals surface area (Å²) in [5.74, 6) is 0.921. The van der Waals surface area contributed by atoms with Gasteiger partial charge in [-0.15, -0.1) is 0 Å². The minimum atomic E-state index is 0.470. The molecule has 0 aliphatic carbocycles. The van der Waals surface area contributed by atoms with Crippen LogP contribution in [0.1, 0.15) is 51.0 Å². The van der Waals surface area contributed by atoms with Gasteiger partial charge in [0.2, 0.25) is 0 Å². The Hall–Kier alpha value is -1.31. The zero-order chi connectivity index (χ0) is 13.1. The molecule has 99 valence electrons. The molecule has 2 heteroatoms. The van der Waals surface area contributed by atoms with Crippen molar-refractivity contribution in [2.45, 2.75) is 51.9 Å². The van der Waals surface area contributed by atoms with Crippen molar-refractivity contribution in [2.75, 3.05) is 6.61 Å². The third-order valence-electron chi connectivity index (χ3n) is 2.96. The molecule has 0 saturated heterocycles. The molecule has 0 spiro atoms. The summed E-state index contributed by atoms with van der Waals surface area (Å²) in [6.07, 6.45) is 9.43. The summed E-state index contributed by atoms with van der Waals surface area (Å²) in [6, 6.07) is 7.99. The van der Waals surface area contributed by atoms with Crippen molar-refractivity contribution in [1.29, 1.82) is 0 Å². The van der Waals surface area contributed by atoms with Gasteiger partial charge in [-0.2, -0.15) is 0 Å². The highest BCUT2D eigenvalue weighted by molar-refractivity contribution is 5.51. The van der Waals surface area contributed by atoms with Gasteiger partial charge in [0.05, 0.1) is 6.61 Å². The predicted molar refractivity (Wildman–Crippen MR) is 74.7 cm³/mol. The first-order valence-electron chi connectivity index (χ1n) is 6.93. The highest BCUT2D eigenvalue weighted by Crippen LogP contribution is 2.14. The fourth-order valence-corrected chi connectivity index (χ4v) is 1.84. The summed E-state index contributed by atoms with van der Waals surface area (Å²) < 4.78 is 5.67. The zero-order valence-electron chi connectivity index (χ0n) is 11.3. The van der Waals surface area contributed by atoms with Gasteiger partial charge < -0.3 is 4.74 Å². The number of carbonyl (C=O) groups excluding carboxylic acids is 1. The minimum Gasteiger partial charge on any atom is -0.494 e. The third kappa shape index (κ3) is 6.43. The molecule has 0 heterocycles. The second kappa shape index (κ2) is 9.69. The van der Waals surface area contributed by atoms with Gasteiger partial charge in [0.1, 0.15) is 5.75 Å². The lowest BCUT2D eigenvalue weighted by molar-refractivity contribution is 0.304. The Bertz CT molecular complexity index is 316. The van der Waals surface area contributed by atoms with E-state index in [9.17, 15) is 4.79 Å². The Balaban J connectivity index is 2.16. The van der Waals surface area contributed by atoms with Crippen LogP contribution in [-0.2, 0) is 11.2 Å². The number of aryl methyl sites for hydroxylation is 1. The molecular formula is C16H23O2. The smallest absolute Gasteiger partial charge is 0.198 e. The molecule has 1 rings (SSSR count). The van der Waals surface area contributed by atoms with Crippen molar-refractivity contribution >= 4 is 6.29 Å². The molecule has 2 nitrogen and oxygen atoms in total. The van der Waals surface area contributed by atoms with Crippen LogP contribution in [0, 0.1) is 0 Å². The SMILES string of the molecule is CCCCCCCOc1ccc(CC[C]=O)cc1. The number of ether oxygens (including phenoxy) is 1. The lowest BCUT2D eigenvalue weighted by atomic mass is 10.1. The Morgan fingerprint density at radius 3 is 2.44 bits per heavy atom. The van der Waals surface area contributed by atoms with Crippen LogP contribution in [0.15, 0.2) is 24.3 Å². The molecule has 0 fully saturated rings. The predicted octanol–water partition coefficient (Wildman–Crippen LogP) is 4.08. The van der Waals surface area contributed by atoms with Crippen LogP contribution in [0.3, 0.4) is 0 Å². The van der Waals surface area contributed by atoms with E-state index < -0.39 is 0 Å². The van der Waals surface area contributed by atoms with Gasteiger partial charge >= 0.3 is 0 Å². The first-order valence-corrected chi connectivity index (χ1v) is 6.93. The van der Waals surface area contributed by atoms with Crippen LogP contribution >= 0.6 is 0 Å². The molecule has 0 atom stereocenters. The third-order valence-corrected chi connectivity index (χ3v) is 2.96. The average Bonchev–Trinajstić information content (AvgIpc) is 2.42. The van der Waals surface area contributed by atoms with Crippen LogP contribution < -0.4 is 4.74 Å². The molecule has 0 N–H and O–H groups in total. The minimum absolute atomic E-state index is 0.470. The van der Waals surface area contributed by atoms with Gasteiger partial charge in [-0.25, -0.2) is 0 Å². The largest absolute Gasteiger partial charge is 0.494 e. The van der Waals surface area contributed by atoms with Crippen molar-refractivity contribution in [3.8, 4) is 5.75 Å². The van der Waals surface area contributed by atoms with Gasteiger partial charge in [0, 0.05) is 6.42 Å². The number of hydrogen-bond donors (Lipinski definition) is 0. The summed E-state index contributed by atoms with van der Waals surface area (Å²) in [5.41, 5.74) is 1.16. The normalized spacial score (nSPS) is 10.3. The number of hydrogen-bond acceptors (Lipinski definition) is 2. The second-order valence-corrected chi connectivity index (χ2v) is 4.55. The summed E-state index contributed by atoms with van der Waals surface area (Å²) in [5, 5.41) is 0. The van der Waals surface area contributed by atoms with Crippen LogP contribution in [0.4, 0.5) is 0 Å². The van der Waals surface area contributed by atoms with E-state index in [1.807, 2.05) is 30.6 Å². The van der Waals surface area contributed by atoms with E-state index in [-0.39, 0.29) is 0 Å². The van der Waals surface area contributed by atoms with E-state index in [1.165, 1.54) is 25.7 Å². The summed E-state index contributed by atoms with van der Waals surface area (Å²) >= 11 is 0. The monoisotopic (exact) mass is 247 g/mol. The van der Waals surface area contributed by atoms with Crippen LogP contribution in [0.25, 0.3) is 0 Å². The highest BCUT2D eigenvalue weighted by atomic mass is 16.5. The van der Waals surface area contributed by atoms with Crippen molar-refractivity contribution in [3.63, 3.8) is 0 Å². The van der Waals surface area contributed by atoms with Gasteiger partial charge in [-0.3, -0.25) is 4.79 Å². The maximum Gasteiger partial charge on any atom is 0.198 e.